The van der Waals surface area contributed by atoms with E-state index < -0.39 is 0 Å². The van der Waals surface area contributed by atoms with Crippen molar-refractivity contribution in [2.24, 2.45) is 17.3 Å². The second kappa shape index (κ2) is 7.43. The summed E-state index contributed by atoms with van der Waals surface area (Å²) in [6, 6.07) is 0.700. The molecule has 2 aliphatic rings. The summed E-state index contributed by atoms with van der Waals surface area (Å²) in [6.45, 7) is 13.5. The van der Waals surface area contributed by atoms with Crippen molar-refractivity contribution in [3.63, 3.8) is 0 Å². The standard InChI is InChI=1S/C18H37N3/c1-6-10-19-17-16(7-9-18(17,2)3)14-21(5)13-15-8-11-20(4)12-15/h15-17,19H,6-14H2,1-5H3. The normalized spacial score (nSPS) is 33.1. The van der Waals surface area contributed by atoms with Gasteiger partial charge in [0.25, 0.3) is 0 Å². The van der Waals surface area contributed by atoms with Gasteiger partial charge in [0.1, 0.15) is 0 Å². The average molecular weight is 296 g/mol. The molecule has 124 valence electrons. The molecule has 1 N–H and O–H groups in total. The summed E-state index contributed by atoms with van der Waals surface area (Å²) in [7, 11) is 4.59. The van der Waals surface area contributed by atoms with Crippen LogP contribution < -0.4 is 5.32 Å². The molecular weight excluding hydrogens is 258 g/mol. The Hall–Kier alpha value is -0.120. The first-order chi connectivity index (χ1) is 9.92. The van der Waals surface area contributed by atoms with Gasteiger partial charge in [-0.2, -0.15) is 0 Å². The van der Waals surface area contributed by atoms with Gasteiger partial charge in [-0.1, -0.05) is 20.8 Å². The van der Waals surface area contributed by atoms with E-state index in [1.807, 2.05) is 0 Å². The molecule has 2 rings (SSSR count). The van der Waals surface area contributed by atoms with Gasteiger partial charge in [-0.05, 0) is 70.1 Å². The highest BCUT2D eigenvalue weighted by molar-refractivity contribution is 4.97. The third kappa shape index (κ3) is 4.67. The molecular formula is C18H37N3. The Bertz CT molecular complexity index is 316. The van der Waals surface area contributed by atoms with E-state index in [0.29, 0.717) is 11.5 Å². The molecule has 2 fully saturated rings. The highest BCUT2D eigenvalue weighted by Gasteiger charge is 2.41. The van der Waals surface area contributed by atoms with Crippen LogP contribution in [0.1, 0.15) is 46.5 Å². The lowest BCUT2D eigenvalue weighted by Gasteiger charge is -2.34. The maximum Gasteiger partial charge on any atom is 0.0159 e. The van der Waals surface area contributed by atoms with Crippen molar-refractivity contribution < 1.29 is 0 Å². The maximum atomic E-state index is 3.84. The summed E-state index contributed by atoms with van der Waals surface area (Å²) in [4.78, 5) is 5.08. The van der Waals surface area contributed by atoms with Crippen LogP contribution in [-0.2, 0) is 0 Å². The Labute approximate surface area is 132 Å². The lowest BCUT2D eigenvalue weighted by Crippen LogP contribution is -2.46. The Morgan fingerprint density at radius 1 is 1.24 bits per heavy atom. The third-order valence-corrected chi connectivity index (χ3v) is 5.69. The molecule has 0 amide bonds. The number of nitrogens with zero attached hydrogens (tertiary/aromatic N) is 2. The van der Waals surface area contributed by atoms with Crippen molar-refractivity contribution in [1.82, 2.24) is 15.1 Å². The molecule has 1 heterocycles. The first kappa shape index (κ1) is 17.2. The van der Waals surface area contributed by atoms with Gasteiger partial charge in [-0.15, -0.1) is 0 Å². The Morgan fingerprint density at radius 2 is 2.00 bits per heavy atom. The average Bonchev–Trinajstić information content (AvgIpc) is 2.92. The van der Waals surface area contributed by atoms with Gasteiger partial charge in [0.15, 0.2) is 0 Å². The number of nitrogens with one attached hydrogen (secondary N) is 1. The minimum Gasteiger partial charge on any atom is -0.313 e. The monoisotopic (exact) mass is 295 g/mol. The molecule has 1 saturated carbocycles. The first-order valence-electron chi connectivity index (χ1n) is 9.03. The first-order valence-corrected chi connectivity index (χ1v) is 9.03. The SMILES string of the molecule is CCCNC1C(CN(C)CC2CCN(C)C2)CCC1(C)C. The zero-order chi connectivity index (χ0) is 15.5. The van der Waals surface area contributed by atoms with Crippen LogP contribution in [0, 0.1) is 17.3 Å². The molecule has 3 unspecified atom stereocenters. The molecule has 0 aromatic rings. The summed E-state index contributed by atoms with van der Waals surface area (Å²) >= 11 is 0. The molecule has 0 aromatic heterocycles. The highest BCUT2D eigenvalue weighted by atomic mass is 15.2. The fourth-order valence-corrected chi connectivity index (χ4v) is 4.55. The van der Waals surface area contributed by atoms with Crippen molar-refractivity contribution in [3.8, 4) is 0 Å². The predicted molar refractivity (Wildman–Crippen MR) is 91.7 cm³/mol. The van der Waals surface area contributed by atoms with Crippen LogP contribution in [0.3, 0.4) is 0 Å². The quantitative estimate of drug-likeness (QED) is 0.779. The highest BCUT2D eigenvalue weighted by Crippen LogP contribution is 2.41. The van der Waals surface area contributed by atoms with Crippen LogP contribution in [0.15, 0.2) is 0 Å². The van der Waals surface area contributed by atoms with E-state index in [9.17, 15) is 0 Å². The molecule has 3 heteroatoms. The molecule has 1 saturated heterocycles. The predicted octanol–water partition coefficient (Wildman–Crippen LogP) is 2.67. The van der Waals surface area contributed by atoms with Crippen LogP contribution in [0.25, 0.3) is 0 Å². The molecule has 0 radical (unpaired) electrons. The zero-order valence-electron chi connectivity index (χ0n) is 15.0. The smallest absolute Gasteiger partial charge is 0.0159 e. The summed E-state index contributed by atoms with van der Waals surface area (Å²) in [5, 5.41) is 3.84. The number of rotatable bonds is 7. The van der Waals surface area contributed by atoms with Crippen molar-refractivity contribution in [1.29, 1.82) is 0 Å². The Balaban J connectivity index is 1.82. The Kier molecular flexibility index (Phi) is 6.10. The van der Waals surface area contributed by atoms with E-state index in [2.05, 4.69) is 50.0 Å². The van der Waals surface area contributed by atoms with E-state index in [1.54, 1.807) is 0 Å². The maximum absolute atomic E-state index is 3.84. The number of likely N-dealkylation sites (tertiary alicyclic amines) is 1. The minimum absolute atomic E-state index is 0.467. The topological polar surface area (TPSA) is 18.5 Å². The molecule has 0 spiro atoms. The summed E-state index contributed by atoms with van der Waals surface area (Å²) < 4.78 is 0. The van der Waals surface area contributed by atoms with E-state index in [-0.39, 0.29) is 0 Å². The third-order valence-electron chi connectivity index (χ3n) is 5.69. The molecule has 1 aliphatic heterocycles. The molecule has 3 nitrogen and oxygen atoms in total. The van der Waals surface area contributed by atoms with Crippen molar-refractivity contribution in [2.45, 2.75) is 52.5 Å². The molecule has 0 aromatic carbocycles. The van der Waals surface area contributed by atoms with Gasteiger partial charge in [0, 0.05) is 25.7 Å². The fourth-order valence-electron chi connectivity index (χ4n) is 4.55. The van der Waals surface area contributed by atoms with Crippen LogP contribution in [0.4, 0.5) is 0 Å². The summed E-state index contributed by atoms with van der Waals surface area (Å²) in [5.41, 5.74) is 0.467. The van der Waals surface area contributed by atoms with Crippen LogP contribution in [0.5, 0.6) is 0 Å². The lowest BCUT2D eigenvalue weighted by atomic mass is 9.84. The van der Waals surface area contributed by atoms with Crippen molar-refractivity contribution in [2.75, 3.05) is 46.8 Å². The second-order valence-corrected chi connectivity index (χ2v) is 8.36. The molecule has 0 bridgehead atoms. The second-order valence-electron chi connectivity index (χ2n) is 8.36. The van der Waals surface area contributed by atoms with Crippen molar-refractivity contribution in [3.05, 3.63) is 0 Å². The van der Waals surface area contributed by atoms with E-state index in [1.165, 1.54) is 58.4 Å². The van der Waals surface area contributed by atoms with Crippen LogP contribution >= 0.6 is 0 Å². The number of hydrogen-bond acceptors (Lipinski definition) is 3. The van der Waals surface area contributed by atoms with Gasteiger partial charge < -0.3 is 15.1 Å². The summed E-state index contributed by atoms with van der Waals surface area (Å²) in [5.74, 6) is 1.71. The number of hydrogen-bond donors (Lipinski definition) is 1. The largest absolute Gasteiger partial charge is 0.313 e. The molecule has 3 atom stereocenters. The molecule has 21 heavy (non-hydrogen) atoms. The van der Waals surface area contributed by atoms with E-state index in [0.717, 1.165) is 11.8 Å². The van der Waals surface area contributed by atoms with Gasteiger partial charge in [0.2, 0.25) is 0 Å². The van der Waals surface area contributed by atoms with Crippen LogP contribution in [-0.4, -0.2) is 62.7 Å². The van der Waals surface area contributed by atoms with E-state index >= 15 is 0 Å². The van der Waals surface area contributed by atoms with E-state index in [4.69, 9.17) is 0 Å². The Morgan fingerprint density at radius 3 is 2.62 bits per heavy atom. The zero-order valence-corrected chi connectivity index (χ0v) is 15.0. The van der Waals surface area contributed by atoms with Gasteiger partial charge >= 0.3 is 0 Å². The van der Waals surface area contributed by atoms with Crippen LogP contribution in [0.2, 0.25) is 0 Å². The summed E-state index contributed by atoms with van der Waals surface area (Å²) in [6.07, 6.45) is 5.39. The van der Waals surface area contributed by atoms with Gasteiger partial charge in [0.05, 0.1) is 0 Å². The lowest BCUT2D eigenvalue weighted by molar-refractivity contribution is 0.189. The van der Waals surface area contributed by atoms with Gasteiger partial charge in [-0.3, -0.25) is 0 Å². The minimum atomic E-state index is 0.467. The molecule has 1 aliphatic carbocycles. The fraction of sp³-hybridized carbons (Fsp3) is 1.00. The van der Waals surface area contributed by atoms with Crippen molar-refractivity contribution >= 4 is 0 Å². The van der Waals surface area contributed by atoms with Gasteiger partial charge in [-0.25, -0.2) is 0 Å².